The Labute approximate surface area is 84.7 Å². The summed E-state index contributed by atoms with van der Waals surface area (Å²) in [4.78, 5) is 24.5. The van der Waals surface area contributed by atoms with Crippen molar-refractivity contribution in [1.82, 2.24) is 10.2 Å². The zero-order chi connectivity index (χ0) is 10.9. The van der Waals surface area contributed by atoms with Crippen molar-refractivity contribution in [3.05, 3.63) is 0 Å². The molecule has 4 heteroatoms. The SMILES string of the molecule is CC(C)NC(=O)N1CC(=O)CC1(C)C. The standard InChI is InChI=1S/C10H18N2O2/c1-7(2)11-9(14)12-6-8(13)5-10(12,3)4/h7H,5-6H2,1-4H3,(H,11,14). The highest BCUT2D eigenvalue weighted by molar-refractivity contribution is 5.90. The maximum Gasteiger partial charge on any atom is 0.318 e. The fourth-order valence-corrected chi connectivity index (χ4v) is 1.70. The highest BCUT2D eigenvalue weighted by Gasteiger charge is 2.40. The van der Waals surface area contributed by atoms with Crippen molar-refractivity contribution in [2.75, 3.05) is 6.54 Å². The van der Waals surface area contributed by atoms with Gasteiger partial charge in [-0.05, 0) is 27.7 Å². The van der Waals surface area contributed by atoms with Gasteiger partial charge < -0.3 is 10.2 Å². The summed E-state index contributed by atoms with van der Waals surface area (Å²) in [6.07, 6.45) is 0.457. The Morgan fingerprint density at radius 1 is 1.50 bits per heavy atom. The first kappa shape index (κ1) is 11.0. The quantitative estimate of drug-likeness (QED) is 0.687. The fraction of sp³-hybridized carbons (Fsp3) is 0.800. The molecule has 1 saturated heterocycles. The maximum atomic E-state index is 11.7. The Kier molecular flexibility index (Phi) is 2.83. The largest absolute Gasteiger partial charge is 0.336 e. The number of nitrogens with zero attached hydrogens (tertiary/aromatic N) is 1. The van der Waals surface area contributed by atoms with E-state index in [1.54, 1.807) is 4.90 Å². The van der Waals surface area contributed by atoms with Crippen LogP contribution < -0.4 is 5.32 Å². The van der Waals surface area contributed by atoms with E-state index in [4.69, 9.17) is 0 Å². The van der Waals surface area contributed by atoms with Gasteiger partial charge in [0, 0.05) is 18.0 Å². The second kappa shape index (κ2) is 3.59. The van der Waals surface area contributed by atoms with Crippen LogP contribution >= 0.6 is 0 Å². The predicted molar refractivity (Wildman–Crippen MR) is 54.1 cm³/mol. The van der Waals surface area contributed by atoms with E-state index in [9.17, 15) is 9.59 Å². The Balaban J connectivity index is 2.68. The first-order valence-electron chi connectivity index (χ1n) is 4.93. The molecule has 0 bridgehead atoms. The van der Waals surface area contributed by atoms with Crippen molar-refractivity contribution < 1.29 is 9.59 Å². The molecule has 4 nitrogen and oxygen atoms in total. The number of carbonyl (C=O) groups is 2. The molecule has 0 spiro atoms. The van der Waals surface area contributed by atoms with Crippen LogP contribution in [0.15, 0.2) is 0 Å². The minimum atomic E-state index is -0.337. The molecule has 1 N–H and O–H groups in total. The number of carbonyl (C=O) groups excluding carboxylic acids is 2. The van der Waals surface area contributed by atoms with Gasteiger partial charge in [-0.2, -0.15) is 0 Å². The number of likely N-dealkylation sites (tertiary alicyclic amines) is 1. The van der Waals surface area contributed by atoms with Crippen LogP contribution in [0.2, 0.25) is 0 Å². The third kappa shape index (κ3) is 2.25. The van der Waals surface area contributed by atoms with Crippen molar-refractivity contribution in [3.63, 3.8) is 0 Å². The molecule has 0 unspecified atom stereocenters. The molecule has 1 fully saturated rings. The predicted octanol–water partition coefficient (Wildman–Crippen LogP) is 1.16. The highest BCUT2D eigenvalue weighted by atomic mass is 16.2. The van der Waals surface area contributed by atoms with Crippen LogP contribution in [-0.2, 0) is 4.79 Å². The highest BCUT2D eigenvalue weighted by Crippen LogP contribution is 2.25. The van der Waals surface area contributed by atoms with E-state index in [1.807, 2.05) is 27.7 Å². The molecule has 0 aromatic heterocycles. The van der Waals surface area contributed by atoms with E-state index < -0.39 is 0 Å². The first-order chi connectivity index (χ1) is 6.33. The van der Waals surface area contributed by atoms with Gasteiger partial charge in [0.1, 0.15) is 0 Å². The van der Waals surface area contributed by atoms with Gasteiger partial charge in [-0.15, -0.1) is 0 Å². The van der Waals surface area contributed by atoms with Crippen LogP contribution in [0.4, 0.5) is 4.79 Å². The van der Waals surface area contributed by atoms with Crippen molar-refractivity contribution in [3.8, 4) is 0 Å². The summed E-state index contributed by atoms with van der Waals surface area (Å²) in [6.45, 7) is 7.88. The maximum absolute atomic E-state index is 11.7. The van der Waals surface area contributed by atoms with Crippen LogP contribution in [0.1, 0.15) is 34.1 Å². The molecular weight excluding hydrogens is 180 g/mol. The van der Waals surface area contributed by atoms with Gasteiger partial charge >= 0.3 is 6.03 Å². The summed E-state index contributed by atoms with van der Waals surface area (Å²) in [5.74, 6) is 0.133. The average Bonchev–Trinajstić information content (AvgIpc) is 2.22. The lowest BCUT2D eigenvalue weighted by Crippen LogP contribution is -2.49. The summed E-state index contributed by atoms with van der Waals surface area (Å²) >= 11 is 0. The number of rotatable bonds is 1. The van der Waals surface area contributed by atoms with Gasteiger partial charge in [0.2, 0.25) is 0 Å². The monoisotopic (exact) mass is 198 g/mol. The molecule has 2 amide bonds. The average molecular weight is 198 g/mol. The van der Waals surface area contributed by atoms with E-state index in [-0.39, 0.29) is 29.9 Å². The summed E-state index contributed by atoms with van der Waals surface area (Å²) in [6, 6.07) is -0.0372. The van der Waals surface area contributed by atoms with Crippen LogP contribution in [0.5, 0.6) is 0 Å². The lowest BCUT2D eigenvalue weighted by Gasteiger charge is -2.31. The van der Waals surface area contributed by atoms with Crippen molar-refractivity contribution in [2.24, 2.45) is 0 Å². The smallest absolute Gasteiger partial charge is 0.318 e. The van der Waals surface area contributed by atoms with Gasteiger partial charge in [0.25, 0.3) is 0 Å². The zero-order valence-electron chi connectivity index (χ0n) is 9.26. The van der Waals surface area contributed by atoms with Crippen LogP contribution in [0.3, 0.4) is 0 Å². The molecule has 0 aromatic carbocycles. The lowest BCUT2D eigenvalue weighted by atomic mass is 10.0. The molecule has 0 saturated carbocycles. The Bertz CT molecular complexity index is 259. The molecule has 14 heavy (non-hydrogen) atoms. The number of hydrogen-bond donors (Lipinski definition) is 1. The van der Waals surface area contributed by atoms with E-state index in [1.165, 1.54) is 0 Å². The molecule has 1 aliphatic heterocycles. The van der Waals surface area contributed by atoms with Crippen molar-refractivity contribution >= 4 is 11.8 Å². The van der Waals surface area contributed by atoms with E-state index >= 15 is 0 Å². The van der Waals surface area contributed by atoms with Crippen LogP contribution in [0, 0.1) is 0 Å². The fourth-order valence-electron chi connectivity index (χ4n) is 1.70. The van der Waals surface area contributed by atoms with Gasteiger partial charge in [0.15, 0.2) is 5.78 Å². The van der Waals surface area contributed by atoms with Gasteiger partial charge in [-0.25, -0.2) is 4.79 Å². The zero-order valence-corrected chi connectivity index (χ0v) is 9.26. The summed E-state index contributed by atoms with van der Waals surface area (Å²) < 4.78 is 0. The van der Waals surface area contributed by atoms with Crippen LogP contribution in [-0.4, -0.2) is 34.8 Å². The lowest BCUT2D eigenvalue weighted by molar-refractivity contribution is -0.116. The summed E-state index contributed by atoms with van der Waals surface area (Å²) in [7, 11) is 0. The molecule has 80 valence electrons. The minimum absolute atomic E-state index is 0.106. The third-order valence-corrected chi connectivity index (χ3v) is 2.35. The molecule has 1 heterocycles. The molecule has 0 radical (unpaired) electrons. The Hall–Kier alpha value is -1.06. The number of amides is 2. The van der Waals surface area contributed by atoms with Crippen LogP contribution in [0.25, 0.3) is 0 Å². The molecule has 0 aromatic rings. The van der Waals surface area contributed by atoms with E-state index in [0.717, 1.165) is 0 Å². The number of nitrogens with one attached hydrogen (secondary N) is 1. The number of Topliss-reactive ketones (excluding diaryl/α,β-unsaturated/α-hetero) is 1. The van der Waals surface area contributed by atoms with Crippen molar-refractivity contribution in [1.29, 1.82) is 0 Å². The van der Waals surface area contributed by atoms with Gasteiger partial charge in [-0.1, -0.05) is 0 Å². The Morgan fingerprint density at radius 2 is 2.07 bits per heavy atom. The molecule has 0 aliphatic carbocycles. The number of urea groups is 1. The number of hydrogen-bond acceptors (Lipinski definition) is 2. The van der Waals surface area contributed by atoms with Gasteiger partial charge in [-0.3, -0.25) is 4.79 Å². The number of ketones is 1. The topological polar surface area (TPSA) is 49.4 Å². The molecular formula is C10H18N2O2. The minimum Gasteiger partial charge on any atom is -0.336 e. The first-order valence-corrected chi connectivity index (χ1v) is 4.93. The molecule has 1 rings (SSSR count). The normalized spacial score (nSPS) is 20.4. The van der Waals surface area contributed by atoms with Gasteiger partial charge in [0.05, 0.1) is 6.54 Å². The Morgan fingerprint density at radius 3 is 2.43 bits per heavy atom. The van der Waals surface area contributed by atoms with Crippen molar-refractivity contribution in [2.45, 2.75) is 45.7 Å². The molecule has 1 aliphatic rings. The third-order valence-electron chi connectivity index (χ3n) is 2.35. The second-order valence-corrected chi connectivity index (χ2v) is 4.72. The summed E-state index contributed by atoms with van der Waals surface area (Å²) in [5, 5.41) is 2.80. The molecule has 0 atom stereocenters. The van der Waals surface area contributed by atoms with E-state index in [2.05, 4.69) is 5.32 Å². The summed E-state index contributed by atoms with van der Waals surface area (Å²) in [5.41, 5.74) is -0.337. The second-order valence-electron chi connectivity index (χ2n) is 4.72. The van der Waals surface area contributed by atoms with E-state index in [0.29, 0.717) is 6.42 Å².